The molecule has 7 heteroatoms. The maximum atomic E-state index is 12.9. The Labute approximate surface area is 108 Å². The summed E-state index contributed by atoms with van der Waals surface area (Å²) in [5, 5.41) is -0.168. The van der Waals surface area contributed by atoms with Crippen LogP contribution in [0.4, 0.5) is 13.2 Å². The lowest BCUT2D eigenvalue weighted by Gasteiger charge is -2.13. The molecule has 2 aromatic rings. The number of rotatable bonds is 1. The fraction of sp³-hybridized carbons (Fsp3) is 0.182. The molecule has 0 unspecified atom stereocenters. The summed E-state index contributed by atoms with van der Waals surface area (Å²) in [6.45, 7) is 0. The van der Waals surface area contributed by atoms with Crippen LogP contribution in [0.5, 0.6) is 5.75 Å². The van der Waals surface area contributed by atoms with Gasteiger partial charge in [-0.2, -0.15) is 13.2 Å². The minimum Gasteiger partial charge on any atom is -0.495 e. The van der Waals surface area contributed by atoms with Gasteiger partial charge < -0.3 is 9.72 Å². The monoisotopic (exact) mass is 321 g/mol. The summed E-state index contributed by atoms with van der Waals surface area (Å²) < 4.78 is 44.1. The van der Waals surface area contributed by atoms with Crippen molar-refractivity contribution in [1.29, 1.82) is 0 Å². The van der Waals surface area contributed by atoms with E-state index in [4.69, 9.17) is 4.74 Å². The van der Waals surface area contributed by atoms with Crippen LogP contribution in [0.15, 0.2) is 27.5 Å². The lowest BCUT2D eigenvalue weighted by Crippen LogP contribution is -2.14. The highest BCUT2D eigenvalue weighted by atomic mass is 79.9. The number of methoxy groups -OCH3 is 1. The van der Waals surface area contributed by atoms with Crippen molar-refractivity contribution < 1.29 is 17.9 Å². The first-order valence-electron chi connectivity index (χ1n) is 4.81. The van der Waals surface area contributed by atoms with Crippen LogP contribution in [0.2, 0.25) is 0 Å². The average molecular weight is 322 g/mol. The Morgan fingerprint density at radius 2 is 2.00 bits per heavy atom. The summed E-state index contributed by atoms with van der Waals surface area (Å²) in [5.41, 5.74) is -1.74. The smallest absolute Gasteiger partial charge is 0.417 e. The van der Waals surface area contributed by atoms with Gasteiger partial charge in [-0.15, -0.1) is 0 Å². The Bertz CT molecular complexity index is 664. The van der Waals surface area contributed by atoms with E-state index >= 15 is 0 Å². The van der Waals surface area contributed by atoms with Crippen LogP contribution in [0.3, 0.4) is 0 Å². The van der Waals surface area contributed by atoms with Crippen molar-refractivity contribution in [3.8, 4) is 5.75 Å². The summed E-state index contributed by atoms with van der Waals surface area (Å²) in [4.78, 5) is 13.6. The van der Waals surface area contributed by atoms with Gasteiger partial charge in [0.25, 0.3) is 0 Å². The number of ether oxygens (including phenoxy) is 1. The number of halogens is 4. The summed E-state index contributed by atoms with van der Waals surface area (Å²) in [6, 6.07) is 3.42. The Kier molecular flexibility index (Phi) is 3.10. The minimum absolute atomic E-state index is 0.0380. The quantitative estimate of drug-likeness (QED) is 0.875. The van der Waals surface area contributed by atoms with Crippen LogP contribution in [0.25, 0.3) is 10.9 Å². The van der Waals surface area contributed by atoms with Gasteiger partial charge in [-0.25, -0.2) is 0 Å². The molecular weight excluding hydrogens is 315 g/mol. The van der Waals surface area contributed by atoms with Gasteiger partial charge in [0, 0.05) is 6.07 Å². The van der Waals surface area contributed by atoms with Crippen molar-refractivity contribution in [3.05, 3.63) is 38.6 Å². The first-order valence-corrected chi connectivity index (χ1v) is 5.60. The molecule has 0 amide bonds. The second-order valence-electron chi connectivity index (χ2n) is 3.55. The number of aromatic amines is 1. The molecule has 3 nitrogen and oxygen atoms in total. The molecule has 1 N–H and O–H groups in total. The number of H-pyrrole nitrogens is 1. The van der Waals surface area contributed by atoms with E-state index in [2.05, 4.69) is 20.9 Å². The highest BCUT2D eigenvalue weighted by Gasteiger charge is 2.34. The Hall–Kier alpha value is -1.50. The molecule has 2 rings (SSSR count). The number of aromatic nitrogens is 1. The number of fused-ring (bicyclic) bond motifs is 1. The summed E-state index contributed by atoms with van der Waals surface area (Å²) in [7, 11) is 1.27. The van der Waals surface area contributed by atoms with E-state index in [0.717, 1.165) is 0 Å². The molecular formula is C11H7BrF3NO2. The van der Waals surface area contributed by atoms with Gasteiger partial charge in [0.2, 0.25) is 5.56 Å². The van der Waals surface area contributed by atoms with Gasteiger partial charge in [0.15, 0.2) is 0 Å². The summed E-state index contributed by atoms with van der Waals surface area (Å²) >= 11 is 3.11. The zero-order valence-corrected chi connectivity index (χ0v) is 10.6. The molecule has 0 aliphatic carbocycles. The number of benzene rings is 1. The SMILES string of the molecule is COc1c(Br)ccc2[nH]c(=O)cc(C(F)(F)F)c12. The molecule has 0 spiro atoms. The van der Waals surface area contributed by atoms with Crippen LogP contribution < -0.4 is 10.3 Å². The van der Waals surface area contributed by atoms with E-state index in [-0.39, 0.29) is 16.7 Å². The molecule has 0 aliphatic heterocycles. The third-order valence-corrected chi connectivity index (χ3v) is 3.05. The van der Waals surface area contributed by atoms with Gasteiger partial charge >= 0.3 is 6.18 Å². The number of nitrogens with one attached hydrogen (secondary N) is 1. The van der Waals surface area contributed by atoms with Crippen LogP contribution >= 0.6 is 15.9 Å². The van der Waals surface area contributed by atoms with Crippen LogP contribution in [0.1, 0.15) is 5.56 Å². The maximum absolute atomic E-state index is 12.9. The fourth-order valence-electron chi connectivity index (χ4n) is 1.72. The molecule has 0 saturated heterocycles. The van der Waals surface area contributed by atoms with Gasteiger partial charge in [0.05, 0.1) is 28.0 Å². The molecule has 1 aromatic heterocycles. The van der Waals surface area contributed by atoms with Crippen molar-refractivity contribution in [1.82, 2.24) is 4.98 Å². The largest absolute Gasteiger partial charge is 0.495 e. The lowest BCUT2D eigenvalue weighted by atomic mass is 10.1. The van der Waals surface area contributed by atoms with E-state index in [1.165, 1.54) is 19.2 Å². The molecule has 0 aliphatic rings. The topological polar surface area (TPSA) is 42.1 Å². The minimum atomic E-state index is -4.62. The number of pyridine rings is 1. The number of alkyl halides is 3. The summed E-state index contributed by atoms with van der Waals surface area (Å²) in [6.07, 6.45) is -4.62. The predicted octanol–water partition coefficient (Wildman–Crippen LogP) is 3.32. The Morgan fingerprint density at radius 3 is 2.56 bits per heavy atom. The molecule has 18 heavy (non-hydrogen) atoms. The van der Waals surface area contributed by atoms with E-state index in [1.54, 1.807) is 0 Å². The van der Waals surface area contributed by atoms with Crippen molar-refractivity contribution in [2.24, 2.45) is 0 Å². The third-order valence-electron chi connectivity index (χ3n) is 2.42. The number of hydrogen-bond acceptors (Lipinski definition) is 2. The first kappa shape index (κ1) is 12.9. The second-order valence-corrected chi connectivity index (χ2v) is 4.40. The van der Waals surface area contributed by atoms with Crippen molar-refractivity contribution in [2.75, 3.05) is 7.11 Å². The summed E-state index contributed by atoms with van der Waals surface area (Å²) in [5.74, 6) is 0.0380. The molecule has 0 atom stereocenters. The number of hydrogen-bond donors (Lipinski definition) is 1. The molecule has 1 aromatic carbocycles. The Balaban J connectivity index is 3.00. The molecule has 0 radical (unpaired) electrons. The van der Waals surface area contributed by atoms with Crippen LogP contribution in [0, 0.1) is 0 Å². The van der Waals surface area contributed by atoms with E-state index in [0.29, 0.717) is 10.5 Å². The molecule has 96 valence electrons. The zero-order valence-electron chi connectivity index (χ0n) is 9.06. The molecule has 0 bridgehead atoms. The second kappa shape index (κ2) is 4.31. The molecule has 1 heterocycles. The van der Waals surface area contributed by atoms with Crippen molar-refractivity contribution in [3.63, 3.8) is 0 Å². The van der Waals surface area contributed by atoms with Crippen molar-refractivity contribution in [2.45, 2.75) is 6.18 Å². The standard InChI is InChI=1S/C11H7BrF3NO2/c1-18-10-6(12)2-3-7-9(10)5(11(13,14)15)4-8(17)16-7/h2-4H,1H3,(H,16,17). The first-order chi connectivity index (χ1) is 8.34. The highest BCUT2D eigenvalue weighted by Crippen LogP contribution is 2.40. The molecule has 0 fully saturated rings. The average Bonchev–Trinajstić information content (AvgIpc) is 2.27. The fourth-order valence-corrected chi connectivity index (χ4v) is 2.22. The lowest BCUT2D eigenvalue weighted by molar-refractivity contribution is -0.136. The van der Waals surface area contributed by atoms with E-state index < -0.39 is 17.3 Å². The molecule has 0 saturated carbocycles. The maximum Gasteiger partial charge on any atom is 0.417 e. The van der Waals surface area contributed by atoms with E-state index in [9.17, 15) is 18.0 Å². The normalized spacial score (nSPS) is 11.8. The van der Waals surface area contributed by atoms with Gasteiger partial charge in [-0.1, -0.05) is 0 Å². The van der Waals surface area contributed by atoms with Gasteiger partial charge in [-0.05, 0) is 28.1 Å². The van der Waals surface area contributed by atoms with Gasteiger partial charge in [-0.3, -0.25) is 4.79 Å². The van der Waals surface area contributed by atoms with Gasteiger partial charge in [0.1, 0.15) is 5.75 Å². The van der Waals surface area contributed by atoms with Crippen molar-refractivity contribution >= 4 is 26.8 Å². The predicted molar refractivity (Wildman–Crippen MR) is 63.8 cm³/mol. The van der Waals surface area contributed by atoms with E-state index in [1.807, 2.05) is 0 Å². The Morgan fingerprint density at radius 1 is 1.33 bits per heavy atom. The van der Waals surface area contributed by atoms with Crippen LogP contribution in [-0.2, 0) is 6.18 Å². The zero-order chi connectivity index (χ0) is 13.5. The van der Waals surface area contributed by atoms with Crippen LogP contribution in [-0.4, -0.2) is 12.1 Å². The third kappa shape index (κ3) is 2.10. The highest BCUT2D eigenvalue weighted by molar-refractivity contribution is 9.10.